The molecule has 12 heteroatoms. The predicted molar refractivity (Wildman–Crippen MR) is 99.5 cm³/mol. The minimum absolute atomic E-state index is 0. The van der Waals surface area contributed by atoms with Gasteiger partial charge >= 0.3 is 6.18 Å². The lowest BCUT2D eigenvalue weighted by atomic mass is 9.82. The second-order valence-corrected chi connectivity index (χ2v) is 7.17. The van der Waals surface area contributed by atoms with Gasteiger partial charge in [-0.15, -0.1) is 5.10 Å². The molecule has 0 spiro atoms. The second kappa shape index (κ2) is 9.81. The molecule has 2 aromatic rings. The molecule has 31 heavy (non-hydrogen) atoms. The number of ether oxygens (including phenoxy) is 2. The summed E-state index contributed by atoms with van der Waals surface area (Å²) in [5, 5.41) is 34.8. The summed E-state index contributed by atoms with van der Waals surface area (Å²) in [6.07, 6.45) is -11.8. The maximum atomic E-state index is 14.0. The van der Waals surface area contributed by atoms with Crippen molar-refractivity contribution in [3.63, 3.8) is 0 Å². The molecule has 0 saturated heterocycles. The van der Waals surface area contributed by atoms with E-state index in [1.54, 1.807) is 24.3 Å². The zero-order valence-corrected chi connectivity index (χ0v) is 16.4. The van der Waals surface area contributed by atoms with Crippen LogP contribution in [0.15, 0.2) is 24.3 Å². The molecule has 0 amide bonds. The highest BCUT2D eigenvalue weighted by molar-refractivity contribution is 5.39. The number of aliphatic hydroxyl groups is 3. The summed E-state index contributed by atoms with van der Waals surface area (Å²) < 4.78 is 64.9. The van der Waals surface area contributed by atoms with Gasteiger partial charge in [-0.1, -0.05) is 12.1 Å². The van der Waals surface area contributed by atoms with Crippen molar-refractivity contribution in [1.29, 1.82) is 0 Å². The van der Waals surface area contributed by atoms with E-state index >= 15 is 0 Å². The van der Waals surface area contributed by atoms with Gasteiger partial charge in [-0.05, 0) is 24.1 Å². The first-order valence-electron chi connectivity index (χ1n) is 9.20. The molecule has 5 atom stereocenters. The number of H-pyrrole nitrogens is 1. The van der Waals surface area contributed by atoms with Gasteiger partial charge in [0, 0.05) is 18.9 Å². The Labute approximate surface area is 174 Å². The van der Waals surface area contributed by atoms with Crippen LogP contribution in [0.25, 0.3) is 0 Å². The minimum Gasteiger partial charge on any atom is -0.497 e. The van der Waals surface area contributed by atoms with Crippen molar-refractivity contribution in [2.45, 2.75) is 43.5 Å². The predicted octanol–water partition coefficient (Wildman–Crippen LogP) is 1.02. The number of aromatic nitrogens is 2. The zero-order chi connectivity index (χ0) is 22.1. The number of aliphatic hydroxyl groups excluding tert-OH is 3. The van der Waals surface area contributed by atoms with Gasteiger partial charge in [0.1, 0.15) is 35.9 Å². The van der Waals surface area contributed by atoms with Gasteiger partial charge in [-0.3, -0.25) is 5.10 Å². The van der Waals surface area contributed by atoms with Crippen LogP contribution >= 0.6 is 0 Å². The Morgan fingerprint density at radius 3 is 2.35 bits per heavy atom. The summed E-state index contributed by atoms with van der Waals surface area (Å²) in [6.45, 7) is -0.613. The fourth-order valence-corrected chi connectivity index (χ4v) is 3.48. The van der Waals surface area contributed by atoms with Gasteiger partial charge in [0.2, 0.25) is 5.88 Å². The van der Waals surface area contributed by atoms with Crippen LogP contribution in [-0.4, -0.2) is 69.2 Å². The zero-order valence-electron chi connectivity index (χ0n) is 16.4. The van der Waals surface area contributed by atoms with Crippen LogP contribution in [0.3, 0.4) is 0 Å². The van der Waals surface area contributed by atoms with E-state index in [0.29, 0.717) is 11.3 Å². The van der Waals surface area contributed by atoms with E-state index in [4.69, 9.17) is 9.47 Å². The molecular weight excluding hydrogens is 428 g/mol. The van der Waals surface area contributed by atoms with Crippen LogP contribution < -0.4 is 9.47 Å². The Hall–Kier alpha value is -2.41. The molecule has 0 unspecified atom stereocenters. The van der Waals surface area contributed by atoms with Crippen molar-refractivity contribution in [1.82, 2.24) is 10.2 Å². The number of methoxy groups -OCH3 is 1. The SMILES string of the molecule is COc1ccc(Cc2c(O[C@@H]3C[C@H](CO)[C@@H](F)[C@H](O)[C@H]3O)n[nH]c2C(F)(F)F)cc1.O. The highest BCUT2D eigenvalue weighted by Gasteiger charge is 2.46. The molecule has 1 aromatic carbocycles. The molecule has 1 saturated carbocycles. The van der Waals surface area contributed by atoms with Crippen LogP contribution in [-0.2, 0) is 12.6 Å². The highest BCUT2D eigenvalue weighted by atomic mass is 19.4. The van der Waals surface area contributed by atoms with Crippen molar-refractivity contribution in [2.24, 2.45) is 5.92 Å². The first-order valence-corrected chi connectivity index (χ1v) is 9.20. The highest BCUT2D eigenvalue weighted by Crippen LogP contribution is 2.37. The summed E-state index contributed by atoms with van der Waals surface area (Å²) in [6, 6.07) is 6.37. The van der Waals surface area contributed by atoms with E-state index in [1.165, 1.54) is 7.11 Å². The number of halogens is 4. The molecule has 1 heterocycles. The van der Waals surface area contributed by atoms with Gasteiger partial charge in [0.15, 0.2) is 0 Å². The summed E-state index contributed by atoms with van der Waals surface area (Å²) in [5.74, 6) is -0.906. The molecule has 1 aliphatic rings. The molecule has 6 N–H and O–H groups in total. The Kier molecular flexibility index (Phi) is 7.87. The lowest BCUT2D eigenvalue weighted by Crippen LogP contribution is -2.54. The minimum atomic E-state index is -4.74. The maximum Gasteiger partial charge on any atom is 0.433 e. The fraction of sp³-hybridized carbons (Fsp3) is 0.526. The summed E-state index contributed by atoms with van der Waals surface area (Å²) in [4.78, 5) is 0. The number of hydrogen-bond acceptors (Lipinski definition) is 6. The molecule has 1 aromatic heterocycles. The van der Waals surface area contributed by atoms with E-state index < -0.39 is 54.8 Å². The van der Waals surface area contributed by atoms with Gasteiger partial charge < -0.3 is 30.3 Å². The van der Waals surface area contributed by atoms with Crippen LogP contribution in [0, 0.1) is 5.92 Å². The topological polar surface area (TPSA) is 139 Å². The van der Waals surface area contributed by atoms with Crippen LogP contribution in [0.2, 0.25) is 0 Å². The smallest absolute Gasteiger partial charge is 0.433 e. The van der Waals surface area contributed by atoms with Crippen molar-refractivity contribution in [3.05, 3.63) is 41.1 Å². The summed E-state index contributed by atoms with van der Waals surface area (Å²) >= 11 is 0. The lowest BCUT2D eigenvalue weighted by molar-refractivity contribution is -0.142. The number of nitrogens with one attached hydrogen (secondary N) is 1. The Balaban J connectivity index is 0.00000341. The average Bonchev–Trinajstić information content (AvgIpc) is 3.11. The van der Waals surface area contributed by atoms with Gasteiger partial charge in [-0.25, -0.2) is 4.39 Å². The normalized spacial score (nSPS) is 26.3. The van der Waals surface area contributed by atoms with Crippen molar-refractivity contribution < 1.29 is 47.8 Å². The van der Waals surface area contributed by atoms with Crippen LogP contribution in [0.1, 0.15) is 23.2 Å². The summed E-state index contributed by atoms with van der Waals surface area (Å²) in [7, 11) is 1.46. The van der Waals surface area contributed by atoms with Gasteiger partial charge in [0.05, 0.1) is 12.7 Å². The number of rotatable bonds is 6. The fourth-order valence-electron chi connectivity index (χ4n) is 3.48. The molecule has 3 rings (SSSR count). The van der Waals surface area contributed by atoms with Crippen molar-refractivity contribution >= 4 is 0 Å². The second-order valence-electron chi connectivity index (χ2n) is 7.17. The number of alkyl halides is 4. The van der Waals surface area contributed by atoms with E-state index in [-0.39, 0.29) is 23.9 Å². The summed E-state index contributed by atoms with van der Waals surface area (Å²) in [5.41, 5.74) is -0.882. The van der Waals surface area contributed by atoms with Crippen LogP contribution in [0.5, 0.6) is 11.6 Å². The molecule has 0 aliphatic heterocycles. The molecule has 1 fully saturated rings. The quantitative estimate of drug-likeness (QED) is 0.483. The third-order valence-corrected chi connectivity index (χ3v) is 5.19. The standard InChI is InChI=1S/C19H22F4N2O5.H2O/c1-29-11-4-2-9(3-5-11)6-12-17(19(21,22)23)24-25-18(12)30-13-7-10(8-26)14(20)16(28)15(13)27;/h2-5,10,13-16,26-28H,6-8H2,1H3,(H,24,25);1H2/t10-,13-,14-,15+,16+;/m1./s1. The lowest BCUT2D eigenvalue weighted by Gasteiger charge is -2.38. The van der Waals surface area contributed by atoms with E-state index in [0.717, 1.165) is 0 Å². The van der Waals surface area contributed by atoms with Crippen molar-refractivity contribution in [3.8, 4) is 11.6 Å². The average molecular weight is 452 g/mol. The molecule has 1 aliphatic carbocycles. The molecule has 174 valence electrons. The third kappa shape index (κ3) is 5.26. The van der Waals surface area contributed by atoms with Crippen molar-refractivity contribution in [2.75, 3.05) is 13.7 Å². The first kappa shape index (κ1) is 24.9. The monoisotopic (exact) mass is 452 g/mol. The third-order valence-electron chi connectivity index (χ3n) is 5.19. The Morgan fingerprint density at radius 1 is 1.16 bits per heavy atom. The molecule has 0 bridgehead atoms. The van der Waals surface area contributed by atoms with Crippen LogP contribution in [0.4, 0.5) is 17.6 Å². The molecule has 0 radical (unpaired) electrons. The Bertz CT molecular complexity index is 843. The van der Waals surface area contributed by atoms with E-state index in [2.05, 4.69) is 5.10 Å². The number of benzene rings is 1. The first-order chi connectivity index (χ1) is 14.2. The molecular formula is C19H24F4N2O6. The largest absolute Gasteiger partial charge is 0.497 e. The number of hydrogen-bond donors (Lipinski definition) is 4. The number of nitrogens with zero attached hydrogens (tertiary/aromatic N) is 1. The van der Waals surface area contributed by atoms with E-state index in [9.17, 15) is 32.9 Å². The Morgan fingerprint density at radius 2 is 1.81 bits per heavy atom. The van der Waals surface area contributed by atoms with E-state index in [1.807, 2.05) is 5.10 Å². The van der Waals surface area contributed by atoms with Gasteiger partial charge in [-0.2, -0.15) is 13.2 Å². The molecule has 8 nitrogen and oxygen atoms in total. The van der Waals surface area contributed by atoms with Gasteiger partial charge in [0.25, 0.3) is 0 Å². The maximum absolute atomic E-state index is 14.0. The number of aromatic amines is 1.